The summed E-state index contributed by atoms with van der Waals surface area (Å²) in [5.41, 5.74) is 8.00. The van der Waals surface area contributed by atoms with Gasteiger partial charge in [0.2, 0.25) is 0 Å². The molecule has 1 fully saturated rings. The summed E-state index contributed by atoms with van der Waals surface area (Å²) in [6, 6.07) is -0.831. The summed E-state index contributed by atoms with van der Waals surface area (Å²) in [7, 11) is -4.53. The van der Waals surface area contributed by atoms with Gasteiger partial charge in [-0.25, -0.2) is 9.36 Å². The molecule has 2 rings (SSSR count). The number of hydrogen-bond donors (Lipinski definition) is 2. The first-order chi connectivity index (χ1) is 36.8. The Morgan fingerprint density at radius 3 is 1.58 bits per heavy atom. The topological polar surface area (TPSA) is 274 Å². The lowest BCUT2D eigenvalue weighted by atomic mass is 10.0. The largest absolute Gasteiger partial charge is 0.472 e. The Balaban J connectivity index is 1.67. The number of hydrogen-bond acceptors (Lipinski definition) is 15. The van der Waals surface area contributed by atoms with Gasteiger partial charge in [0.1, 0.15) is 19.4 Å². The van der Waals surface area contributed by atoms with E-state index < -0.39 is 74.0 Å². The second-order valence-corrected chi connectivity index (χ2v) is 21.8. The van der Waals surface area contributed by atoms with Gasteiger partial charge >= 0.3 is 37.4 Å². The van der Waals surface area contributed by atoms with Crippen molar-refractivity contribution in [3.05, 3.63) is 43.0 Å². The molecule has 0 aliphatic carbocycles. The lowest BCUT2D eigenvalue weighted by Gasteiger charge is -2.18. The highest BCUT2D eigenvalue weighted by Gasteiger charge is 2.38. The molecular formula is C55H96N5O15P. The van der Waals surface area contributed by atoms with Crippen LogP contribution in [0.2, 0.25) is 0 Å². The molecule has 76 heavy (non-hydrogen) atoms. The summed E-state index contributed by atoms with van der Waals surface area (Å²) in [4.78, 5) is 89.9. The Hall–Kier alpha value is -4.06. The monoisotopic (exact) mass is 1100 g/mol. The fraction of sp³-hybridized carbons (Fsp3) is 0.855. The minimum Gasteiger partial charge on any atom is -0.466 e. The zero-order valence-electron chi connectivity index (χ0n) is 46.6. The van der Waals surface area contributed by atoms with Gasteiger partial charge in [0.05, 0.1) is 44.8 Å². The van der Waals surface area contributed by atoms with E-state index in [2.05, 4.69) is 28.9 Å². The quantitative estimate of drug-likeness (QED) is 0.0117. The van der Waals surface area contributed by atoms with Crippen molar-refractivity contribution in [3.8, 4) is 0 Å². The number of aromatic nitrogens is 2. The zero-order valence-corrected chi connectivity index (χ0v) is 47.5. The first-order valence-electron chi connectivity index (χ1n) is 29.1. The molecule has 436 valence electrons. The van der Waals surface area contributed by atoms with Crippen molar-refractivity contribution in [2.45, 2.75) is 270 Å². The zero-order chi connectivity index (χ0) is 55.5. The molecule has 1 saturated heterocycles. The third kappa shape index (κ3) is 34.7. The molecule has 2 heterocycles. The van der Waals surface area contributed by atoms with E-state index in [1.54, 1.807) is 0 Å². The van der Waals surface area contributed by atoms with Crippen molar-refractivity contribution in [2.75, 3.05) is 33.0 Å². The summed E-state index contributed by atoms with van der Waals surface area (Å²) in [6.07, 6.45) is 31.4. The van der Waals surface area contributed by atoms with Gasteiger partial charge in [0.25, 0.3) is 5.56 Å². The highest BCUT2D eigenvalue weighted by atomic mass is 31.2. The van der Waals surface area contributed by atoms with Crippen LogP contribution in [-0.4, -0.2) is 89.6 Å². The Kier molecular flexibility index (Phi) is 39.3. The van der Waals surface area contributed by atoms with E-state index in [4.69, 9.17) is 38.3 Å². The second-order valence-electron chi connectivity index (χ2n) is 20.3. The lowest BCUT2D eigenvalue weighted by Crippen LogP contribution is -2.33. The summed E-state index contributed by atoms with van der Waals surface area (Å²) >= 11 is 0. The molecule has 0 radical (unpaired) electrons. The summed E-state index contributed by atoms with van der Waals surface area (Å²) < 4.78 is 51.4. The van der Waals surface area contributed by atoms with Crippen LogP contribution < -0.4 is 11.2 Å². The Bertz CT molecular complexity index is 1910. The Morgan fingerprint density at radius 1 is 0.658 bits per heavy atom. The molecule has 1 aromatic heterocycles. The van der Waals surface area contributed by atoms with Crippen molar-refractivity contribution >= 4 is 31.7 Å². The maximum Gasteiger partial charge on any atom is 0.472 e. The maximum absolute atomic E-state index is 12.8. The predicted molar refractivity (Wildman–Crippen MR) is 290 cm³/mol. The molecule has 0 saturated carbocycles. The second kappa shape index (κ2) is 43.9. The fourth-order valence-electron chi connectivity index (χ4n) is 8.88. The SMILES string of the molecule is CCCCCCCCCCCCCCCC(=O)OCC(COC(=O)CCCCCCCCCCCCCCC)OC(=O)CCC(=O)OCCCCCCOP(=O)(O)OC[C@H]1O[C@@H](n2cc(C)c(=O)[nH]c2=O)C[C@@H]1N=[N+]=[N-]. The minimum absolute atomic E-state index is 0.0570. The number of nitrogens with one attached hydrogen (secondary N) is 1. The number of esters is 4. The van der Waals surface area contributed by atoms with E-state index in [9.17, 15) is 38.2 Å². The molecule has 20 nitrogen and oxygen atoms in total. The van der Waals surface area contributed by atoms with Crippen molar-refractivity contribution in [3.63, 3.8) is 0 Å². The van der Waals surface area contributed by atoms with E-state index >= 15 is 0 Å². The number of nitrogens with zero attached hydrogens (tertiary/aromatic N) is 4. The Morgan fingerprint density at radius 2 is 1.09 bits per heavy atom. The number of azide groups is 1. The minimum atomic E-state index is -4.53. The number of carbonyl (C=O) groups is 4. The van der Waals surface area contributed by atoms with Crippen LogP contribution in [0.5, 0.6) is 0 Å². The van der Waals surface area contributed by atoms with Crippen LogP contribution in [0.1, 0.15) is 250 Å². The third-order valence-corrected chi connectivity index (χ3v) is 14.5. The number of unbranched alkanes of at least 4 members (excludes halogenated alkanes) is 27. The fourth-order valence-corrected chi connectivity index (χ4v) is 9.65. The lowest BCUT2D eigenvalue weighted by molar-refractivity contribution is -0.167. The van der Waals surface area contributed by atoms with Crippen LogP contribution >= 0.6 is 7.82 Å². The van der Waals surface area contributed by atoms with Crippen LogP contribution in [0.3, 0.4) is 0 Å². The number of rotatable bonds is 49. The molecule has 1 aliphatic rings. The highest BCUT2D eigenvalue weighted by Crippen LogP contribution is 2.44. The molecule has 1 aromatic rings. The van der Waals surface area contributed by atoms with Crippen LogP contribution in [0, 0.1) is 6.92 Å². The average Bonchev–Trinajstić information content (AvgIpc) is 3.80. The van der Waals surface area contributed by atoms with Gasteiger partial charge in [-0.1, -0.05) is 179 Å². The number of ether oxygens (including phenoxy) is 5. The summed E-state index contributed by atoms with van der Waals surface area (Å²) in [6.45, 7) is 4.94. The van der Waals surface area contributed by atoms with Gasteiger partial charge in [-0.2, -0.15) is 0 Å². The molecule has 2 N–H and O–H groups in total. The molecule has 0 aromatic carbocycles. The molecule has 21 heteroatoms. The predicted octanol–water partition coefficient (Wildman–Crippen LogP) is 12.8. The van der Waals surface area contributed by atoms with E-state index in [0.717, 1.165) is 43.1 Å². The van der Waals surface area contributed by atoms with Crippen molar-refractivity contribution in [2.24, 2.45) is 5.11 Å². The molecule has 1 aliphatic heterocycles. The van der Waals surface area contributed by atoms with Gasteiger partial charge < -0.3 is 28.6 Å². The average molecular weight is 1100 g/mol. The van der Waals surface area contributed by atoms with E-state index in [-0.39, 0.29) is 64.1 Å². The number of phosphoric ester groups is 1. The number of H-pyrrole nitrogens is 1. The van der Waals surface area contributed by atoms with Crippen LogP contribution in [0.25, 0.3) is 10.4 Å². The molecule has 1 unspecified atom stereocenters. The first-order valence-corrected chi connectivity index (χ1v) is 30.6. The van der Waals surface area contributed by atoms with Gasteiger partial charge in [-0.3, -0.25) is 42.6 Å². The van der Waals surface area contributed by atoms with Crippen LogP contribution in [0.15, 0.2) is 20.9 Å². The van der Waals surface area contributed by atoms with Gasteiger partial charge in [-0.15, -0.1) is 0 Å². The highest BCUT2D eigenvalue weighted by molar-refractivity contribution is 7.47. The Labute approximate surface area is 452 Å². The number of aryl methyl sites for hydroxylation is 1. The number of phosphoric acid groups is 1. The van der Waals surface area contributed by atoms with E-state index in [1.807, 2.05) is 0 Å². The molecule has 4 atom stereocenters. The van der Waals surface area contributed by atoms with E-state index in [1.165, 1.54) is 129 Å². The van der Waals surface area contributed by atoms with Crippen molar-refractivity contribution < 1.29 is 61.4 Å². The third-order valence-electron chi connectivity index (χ3n) is 13.5. The summed E-state index contributed by atoms with van der Waals surface area (Å²) in [5, 5.41) is 3.67. The maximum atomic E-state index is 12.8. The number of aromatic amines is 1. The first kappa shape index (κ1) is 68.0. The van der Waals surface area contributed by atoms with Gasteiger partial charge in [0, 0.05) is 35.9 Å². The van der Waals surface area contributed by atoms with Crippen molar-refractivity contribution in [1.29, 1.82) is 0 Å². The molecule has 0 bridgehead atoms. The van der Waals surface area contributed by atoms with Gasteiger partial charge in [-0.05, 0) is 44.6 Å². The van der Waals surface area contributed by atoms with Crippen LogP contribution in [0.4, 0.5) is 0 Å². The van der Waals surface area contributed by atoms with Crippen molar-refractivity contribution in [1.82, 2.24) is 9.55 Å². The normalized spacial score (nSPS) is 16.0. The molecule has 0 amide bonds. The van der Waals surface area contributed by atoms with Gasteiger partial charge in [0.15, 0.2) is 6.10 Å². The smallest absolute Gasteiger partial charge is 0.466 e. The van der Waals surface area contributed by atoms with Crippen LogP contribution in [-0.2, 0) is 56.5 Å². The number of carbonyl (C=O) groups excluding carboxylic acids is 4. The summed E-state index contributed by atoms with van der Waals surface area (Å²) in [5.74, 6) is -2.15. The molecular weight excluding hydrogens is 1000 g/mol. The standard InChI is InChI=1S/C55H96N5O15P/c1-4-6-8-10-12-14-16-18-20-22-24-26-30-34-50(61)70-42-46(43-71-51(62)35-31-27-25-23-21-19-17-15-13-11-9-7-5-2)74-53(64)37-36-52(63)69-38-32-28-29-33-39-72-76(67,68)73-44-48-47(58-59-56)40-49(75-48)60-41-45(3)54(65)57-55(60)66/h41,46-49H,4-40,42-44H2,1-3H3,(H,67,68)(H,57,65,66)/t47-,48+,49+/m0/s1. The molecule has 0 spiro atoms. The van der Waals surface area contributed by atoms with E-state index in [0.29, 0.717) is 38.5 Å².